The minimum absolute atomic E-state index is 0.627. The molecular weight excluding hydrogens is 170 g/mol. The van der Waals surface area contributed by atoms with E-state index >= 15 is 0 Å². The number of aliphatic hydroxyl groups is 1. The van der Waals surface area contributed by atoms with E-state index in [1.165, 1.54) is 12.5 Å². The maximum Gasteiger partial charge on any atom is 0.158 e. The van der Waals surface area contributed by atoms with Crippen LogP contribution < -0.4 is 0 Å². The lowest BCUT2D eigenvalue weighted by atomic mass is 10.3. The highest BCUT2D eigenvalue weighted by Gasteiger charge is 2.16. The van der Waals surface area contributed by atoms with E-state index in [1.54, 1.807) is 17.4 Å². The number of hydrogen-bond donors (Lipinski definition) is 1. The Balaban J connectivity index is 2.09. The topological polar surface area (TPSA) is 61.9 Å². The van der Waals surface area contributed by atoms with Crippen molar-refractivity contribution in [2.45, 2.75) is 6.23 Å². The van der Waals surface area contributed by atoms with Crippen molar-refractivity contribution in [2.24, 2.45) is 4.99 Å². The van der Waals surface area contributed by atoms with E-state index in [1.807, 2.05) is 6.08 Å². The number of aliphatic hydroxyl groups excluding tert-OH is 1. The molecule has 0 aliphatic carbocycles. The van der Waals surface area contributed by atoms with Crippen molar-refractivity contribution < 1.29 is 9.63 Å². The van der Waals surface area contributed by atoms with Crippen LogP contribution in [-0.4, -0.2) is 28.0 Å². The number of rotatable bonds is 2. The van der Waals surface area contributed by atoms with Crippen LogP contribution in [0.2, 0.25) is 0 Å². The monoisotopic (exact) mass is 179 g/mol. The molecule has 1 aromatic heterocycles. The fraction of sp³-hybridized carbons (Fsp3) is 0.250. The molecule has 0 fully saturated rings. The Hall–Kier alpha value is -1.62. The summed E-state index contributed by atoms with van der Waals surface area (Å²) >= 11 is 0. The third-order valence-corrected chi connectivity index (χ3v) is 1.79. The van der Waals surface area contributed by atoms with Gasteiger partial charge in [-0.2, -0.15) is 0 Å². The SMILES string of the molecule is OC(c1cnoc1)N1C=NC=CC1. The molecule has 0 saturated carbocycles. The van der Waals surface area contributed by atoms with E-state index in [-0.39, 0.29) is 0 Å². The van der Waals surface area contributed by atoms with Gasteiger partial charge in [0.25, 0.3) is 0 Å². The molecule has 1 aliphatic rings. The summed E-state index contributed by atoms with van der Waals surface area (Å²) < 4.78 is 4.63. The highest BCUT2D eigenvalue weighted by Crippen LogP contribution is 2.16. The highest BCUT2D eigenvalue weighted by atomic mass is 16.5. The second-order valence-electron chi connectivity index (χ2n) is 2.68. The molecule has 0 amide bonds. The van der Waals surface area contributed by atoms with E-state index in [2.05, 4.69) is 14.7 Å². The van der Waals surface area contributed by atoms with Gasteiger partial charge < -0.3 is 14.5 Å². The lowest BCUT2D eigenvalue weighted by Gasteiger charge is -2.24. The van der Waals surface area contributed by atoms with Gasteiger partial charge in [0, 0.05) is 12.7 Å². The Morgan fingerprint density at radius 2 is 2.54 bits per heavy atom. The Kier molecular flexibility index (Phi) is 2.09. The van der Waals surface area contributed by atoms with Crippen LogP contribution in [0.5, 0.6) is 0 Å². The Morgan fingerprint density at radius 3 is 3.15 bits per heavy atom. The summed E-state index contributed by atoms with van der Waals surface area (Å²) in [5.41, 5.74) is 0.627. The predicted molar refractivity (Wildman–Crippen MR) is 45.8 cm³/mol. The first-order valence-electron chi connectivity index (χ1n) is 3.89. The van der Waals surface area contributed by atoms with E-state index < -0.39 is 6.23 Å². The minimum Gasteiger partial charge on any atom is -0.369 e. The van der Waals surface area contributed by atoms with Crippen LogP contribution in [0, 0.1) is 0 Å². The largest absolute Gasteiger partial charge is 0.369 e. The predicted octanol–water partition coefficient (Wildman–Crippen LogP) is 0.523. The summed E-state index contributed by atoms with van der Waals surface area (Å²) in [6.07, 6.45) is 7.29. The van der Waals surface area contributed by atoms with Crippen LogP contribution >= 0.6 is 0 Å². The maximum absolute atomic E-state index is 9.73. The lowest BCUT2D eigenvalue weighted by Crippen LogP contribution is -2.28. The zero-order valence-electron chi connectivity index (χ0n) is 6.87. The van der Waals surface area contributed by atoms with Crippen molar-refractivity contribution in [3.8, 4) is 0 Å². The lowest BCUT2D eigenvalue weighted by molar-refractivity contribution is 0.0621. The number of aromatic nitrogens is 1. The fourth-order valence-electron chi connectivity index (χ4n) is 1.10. The third kappa shape index (κ3) is 1.59. The molecular formula is C8H9N3O2. The zero-order chi connectivity index (χ0) is 9.10. The molecule has 5 heteroatoms. The Labute approximate surface area is 75.0 Å². The molecule has 1 aliphatic heterocycles. The first kappa shape index (κ1) is 8.00. The molecule has 13 heavy (non-hydrogen) atoms. The van der Waals surface area contributed by atoms with Gasteiger partial charge in [0.15, 0.2) is 6.23 Å². The van der Waals surface area contributed by atoms with Crippen LogP contribution in [-0.2, 0) is 0 Å². The second kappa shape index (κ2) is 3.40. The average molecular weight is 179 g/mol. The summed E-state index contributed by atoms with van der Waals surface area (Å²) in [5.74, 6) is 0. The molecule has 0 spiro atoms. The maximum atomic E-state index is 9.73. The zero-order valence-corrected chi connectivity index (χ0v) is 6.87. The van der Waals surface area contributed by atoms with E-state index in [0.29, 0.717) is 12.1 Å². The second-order valence-corrected chi connectivity index (χ2v) is 2.68. The van der Waals surface area contributed by atoms with Crippen molar-refractivity contribution in [3.63, 3.8) is 0 Å². The molecule has 0 bridgehead atoms. The quantitative estimate of drug-likeness (QED) is 0.719. The first-order chi connectivity index (χ1) is 6.38. The summed E-state index contributed by atoms with van der Waals surface area (Å²) in [7, 11) is 0. The van der Waals surface area contributed by atoms with Crippen LogP contribution in [0.25, 0.3) is 0 Å². The standard InChI is InChI=1S/C8H9N3O2/c12-8(7-4-10-13-5-7)11-3-1-2-9-6-11/h1-2,4-6,8,12H,3H2. The summed E-state index contributed by atoms with van der Waals surface area (Å²) in [4.78, 5) is 5.57. The average Bonchev–Trinajstić information content (AvgIpc) is 2.71. The van der Waals surface area contributed by atoms with Gasteiger partial charge in [-0.05, 0) is 6.08 Å². The molecule has 1 atom stereocenters. The number of hydrogen-bond acceptors (Lipinski definition) is 5. The fourth-order valence-corrected chi connectivity index (χ4v) is 1.10. The van der Waals surface area contributed by atoms with Crippen LogP contribution in [0.4, 0.5) is 0 Å². The number of nitrogens with zero attached hydrogens (tertiary/aromatic N) is 3. The van der Waals surface area contributed by atoms with Gasteiger partial charge in [-0.3, -0.25) is 0 Å². The van der Waals surface area contributed by atoms with Crippen molar-refractivity contribution in [1.29, 1.82) is 0 Å². The molecule has 1 N–H and O–H groups in total. The van der Waals surface area contributed by atoms with Gasteiger partial charge >= 0.3 is 0 Å². The van der Waals surface area contributed by atoms with Crippen LogP contribution in [0.1, 0.15) is 11.8 Å². The highest BCUT2D eigenvalue weighted by molar-refractivity contribution is 5.58. The van der Waals surface area contributed by atoms with E-state index in [4.69, 9.17) is 0 Å². The van der Waals surface area contributed by atoms with Gasteiger partial charge in [0.05, 0.1) is 18.1 Å². The van der Waals surface area contributed by atoms with Crippen molar-refractivity contribution in [2.75, 3.05) is 6.54 Å². The Morgan fingerprint density at radius 1 is 1.62 bits per heavy atom. The number of aliphatic imine (C=N–C) groups is 1. The van der Waals surface area contributed by atoms with Gasteiger partial charge in [-0.25, -0.2) is 4.99 Å². The molecule has 0 saturated heterocycles. The third-order valence-electron chi connectivity index (χ3n) is 1.79. The minimum atomic E-state index is -0.736. The molecule has 68 valence electrons. The van der Waals surface area contributed by atoms with Crippen LogP contribution in [0.3, 0.4) is 0 Å². The smallest absolute Gasteiger partial charge is 0.158 e. The summed E-state index contributed by atoms with van der Waals surface area (Å²) in [6, 6.07) is 0. The van der Waals surface area contributed by atoms with E-state index in [9.17, 15) is 5.11 Å². The molecule has 0 aromatic carbocycles. The van der Waals surface area contributed by atoms with Crippen molar-refractivity contribution in [1.82, 2.24) is 10.1 Å². The van der Waals surface area contributed by atoms with E-state index in [0.717, 1.165) is 0 Å². The van der Waals surface area contributed by atoms with Gasteiger partial charge in [0.2, 0.25) is 0 Å². The van der Waals surface area contributed by atoms with Gasteiger partial charge in [0.1, 0.15) is 6.26 Å². The van der Waals surface area contributed by atoms with Crippen molar-refractivity contribution >= 4 is 6.34 Å². The molecule has 1 aromatic rings. The normalized spacial score (nSPS) is 17.8. The molecule has 5 nitrogen and oxygen atoms in total. The molecule has 2 rings (SSSR count). The van der Waals surface area contributed by atoms with Crippen molar-refractivity contribution in [3.05, 3.63) is 30.3 Å². The van der Waals surface area contributed by atoms with Crippen LogP contribution in [0.15, 0.2) is 34.3 Å². The van der Waals surface area contributed by atoms with Gasteiger partial charge in [-0.15, -0.1) is 0 Å². The molecule has 2 heterocycles. The summed E-state index contributed by atoms with van der Waals surface area (Å²) in [6.45, 7) is 0.635. The Bertz CT molecular complexity index is 318. The van der Waals surface area contributed by atoms with Gasteiger partial charge in [-0.1, -0.05) is 5.16 Å². The first-order valence-corrected chi connectivity index (χ1v) is 3.89. The molecule has 0 radical (unpaired) electrons. The summed E-state index contributed by atoms with van der Waals surface area (Å²) in [5, 5.41) is 13.2. The molecule has 1 unspecified atom stereocenters.